The van der Waals surface area contributed by atoms with Gasteiger partial charge in [0, 0.05) is 71.3 Å². The van der Waals surface area contributed by atoms with Crippen molar-refractivity contribution in [2.24, 2.45) is 0 Å². The largest absolute Gasteiger partial charge is 0.494 e. The zero-order valence-corrected chi connectivity index (χ0v) is 61.9. The Bertz CT molecular complexity index is 5990. The third-order valence-electron chi connectivity index (χ3n) is 24.0. The lowest BCUT2D eigenvalue weighted by molar-refractivity contribution is 0.00578. The number of para-hydroxylation sites is 4. The van der Waals surface area contributed by atoms with Gasteiger partial charge >= 0.3 is 7.12 Å². The molecule has 3 fully saturated rings. The summed E-state index contributed by atoms with van der Waals surface area (Å²) in [5.41, 5.74) is 27.4. The van der Waals surface area contributed by atoms with Gasteiger partial charge in [-0.2, -0.15) is 0 Å². The topological polar surface area (TPSA) is 96.3 Å². The third kappa shape index (κ3) is 11.6. The van der Waals surface area contributed by atoms with Crippen molar-refractivity contribution in [3.05, 3.63) is 318 Å². The second-order valence-corrected chi connectivity index (χ2v) is 31.2. The maximum atomic E-state index is 6.97. The number of hydrogen-bond donors (Lipinski definition) is 0. The molecule has 2 saturated carbocycles. The fraction of sp³-hybridized carbons (Fsp3) is 0.184. The van der Waals surface area contributed by atoms with Gasteiger partial charge in [0.05, 0.1) is 39.0 Å². The van der Waals surface area contributed by atoms with E-state index in [1.165, 1.54) is 114 Å². The lowest BCUT2D eigenvalue weighted by Crippen LogP contribution is -2.41. The number of nitrogens with zero attached hydrogens (tertiary/aromatic N) is 4. The highest BCUT2D eigenvalue weighted by atomic mass is 35.5. The molecule has 10 heteroatoms. The highest BCUT2D eigenvalue weighted by Crippen LogP contribution is 2.58. The van der Waals surface area contributed by atoms with Crippen LogP contribution < -0.4 is 5.46 Å². The molecule has 12 aromatic carbocycles. The number of aromatic nitrogens is 4. The van der Waals surface area contributed by atoms with Gasteiger partial charge in [-0.25, -0.2) is 19.9 Å². The van der Waals surface area contributed by atoms with Crippen molar-refractivity contribution in [2.45, 2.75) is 114 Å². The van der Waals surface area contributed by atoms with Gasteiger partial charge in [0.15, 0.2) is 17.2 Å². The van der Waals surface area contributed by atoms with Gasteiger partial charge in [0.25, 0.3) is 0 Å². The van der Waals surface area contributed by atoms with E-state index in [9.17, 15) is 0 Å². The highest BCUT2D eigenvalue weighted by molar-refractivity contribution is 6.62. The molecular formula is C98H80BClN4O4. The van der Waals surface area contributed by atoms with Crippen molar-refractivity contribution in [1.82, 2.24) is 19.9 Å². The Morgan fingerprint density at radius 1 is 0.287 bits per heavy atom. The standard InChI is InChI=1S/C46H34N2O.C28H17ClN2O.C24H29BO2/c1-4-14-30(15-5-1)41-29-42(48-45(47-41)31-16-6-2-7-17-31)38-22-13-21-37-36-20-12-19-33(43(36)49-44(37)38)32-24-25-35-34-18-8-9-23-39(34)46(40(35)28-32)26-10-3-11-27-46;29-23-16-8-14-21-20-13-7-15-22(26(20)32-27(21)23)25-17-24(18-9-3-1-4-10-18)30-28(31-25)19-11-5-2-6-12-19;1-22(2)23(3,4)27-25(26-22)17-12-13-19-18-10-6-7-11-20(18)24(21(19)16-17)14-8-5-9-15-24/h1-2,4-9,12-25,28-29H,3,10-11,26-27H2;1-17H;6-7,10-13,16H,5,8-9,14-15H2,1-4H3. The molecule has 8 nitrogen and oxygen atoms in total. The molecule has 526 valence electrons. The van der Waals surface area contributed by atoms with E-state index in [0.717, 1.165) is 105 Å². The quantitative estimate of drug-likeness (QED) is 0.139. The Kier molecular flexibility index (Phi) is 16.9. The summed E-state index contributed by atoms with van der Waals surface area (Å²) in [4.78, 5) is 20.0. The molecule has 0 N–H and O–H groups in total. The van der Waals surface area contributed by atoms with Crippen LogP contribution in [0.5, 0.6) is 0 Å². The summed E-state index contributed by atoms with van der Waals surface area (Å²) in [5, 5.41) is 4.82. The molecule has 5 heterocycles. The van der Waals surface area contributed by atoms with E-state index >= 15 is 0 Å². The van der Waals surface area contributed by atoms with E-state index in [4.69, 9.17) is 49.7 Å². The predicted octanol–water partition coefficient (Wildman–Crippen LogP) is 25.5. The van der Waals surface area contributed by atoms with E-state index in [-0.39, 0.29) is 29.2 Å². The monoisotopic (exact) mass is 1420 g/mol. The smallest absolute Gasteiger partial charge is 0.455 e. The number of rotatable bonds is 8. The Balaban J connectivity index is 0.000000117. The van der Waals surface area contributed by atoms with Crippen LogP contribution in [0, 0.1) is 0 Å². The van der Waals surface area contributed by atoms with Gasteiger partial charge in [-0.15, -0.1) is 0 Å². The molecule has 2 spiro atoms. The SMILES string of the molecule is CC1(C)OB(c2ccc3c(c2)C2(CCCCC2)c2ccccc2-3)OC1(C)C.Clc1cccc2c1oc1c(-c3cc(-c4ccccc4)nc(-c4ccccc4)n3)cccc12.c1ccc(-c2cc(-c3cccc4c3oc3c(-c5ccc6c(c5)C5(CCCCC5)c5ccccc5-6)cccc34)nc(-c3ccccc3)n2)cc1. The lowest BCUT2D eigenvalue weighted by Gasteiger charge is -2.36. The van der Waals surface area contributed by atoms with Crippen LogP contribution >= 0.6 is 11.6 Å². The summed E-state index contributed by atoms with van der Waals surface area (Å²) in [6.07, 6.45) is 12.8. The van der Waals surface area contributed by atoms with Crippen molar-refractivity contribution >= 4 is 68.1 Å². The molecule has 0 unspecified atom stereocenters. The summed E-state index contributed by atoms with van der Waals surface area (Å²) in [5.74, 6) is 1.37. The number of benzene rings is 12. The van der Waals surface area contributed by atoms with Crippen LogP contribution in [-0.4, -0.2) is 38.3 Å². The average molecular weight is 1420 g/mol. The van der Waals surface area contributed by atoms with Crippen molar-refractivity contribution < 1.29 is 18.1 Å². The normalized spacial score (nSPS) is 16.0. The van der Waals surface area contributed by atoms with Gasteiger partial charge in [-0.3, -0.25) is 0 Å². The third-order valence-corrected chi connectivity index (χ3v) is 24.3. The molecule has 4 aliphatic carbocycles. The first-order valence-electron chi connectivity index (χ1n) is 38.3. The minimum atomic E-state index is -0.303. The lowest BCUT2D eigenvalue weighted by atomic mass is 9.66. The van der Waals surface area contributed by atoms with Crippen molar-refractivity contribution in [1.29, 1.82) is 0 Å². The van der Waals surface area contributed by atoms with Gasteiger partial charge in [0.2, 0.25) is 0 Å². The molecule has 0 atom stereocenters. The Labute approximate surface area is 635 Å². The maximum absolute atomic E-state index is 6.97. The highest BCUT2D eigenvalue weighted by Gasteiger charge is 2.53. The average Bonchev–Trinajstić information content (AvgIpc) is 1.57. The van der Waals surface area contributed by atoms with Crippen LogP contribution in [0.4, 0.5) is 0 Å². The maximum Gasteiger partial charge on any atom is 0.494 e. The zero-order valence-electron chi connectivity index (χ0n) is 61.2. The molecule has 21 rings (SSSR count). The summed E-state index contributed by atoms with van der Waals surface area (Å²) in [6, 6.07) is 102. The van der Waals surface area contributed by atoms with Crippen LogP contribution in [0.2, 0.25) is 5.02 Å². The molecule has 108 heavy (non-hydrogen) atoms. The molecule has 0 amide bonds. The molecule has 16 aromatic rings. The summed E-state index contributed by atoms with van der Waals surface area (Å²) < 4.78 is 25.9. The fourth-order valence-electron chi connectivity index (χ4n) is 18.0. The minimum Gasteiger partial charge on any atom is -0.455 e. The second kappa shape index (κ2) is 27.2. The Hall–Kier alpha value is -11.3. The summed E-state index contributed by atoms with van der Waals surface area (Å²) in [6.45, 7) is 8.50. The van der Waals surface area contributed by atoms with Crippen LogP contribution in [0.15, 0.2) is 300 Å². The Morgan fingerprint density at radius 2 is 0.648 bits per heavy atom. The van der Waals surface area contributed by atoms with Crippen LogP contribution in [0.25, 0.3) is 145 Å². The second-order valence-electron chi connectivity index (χ2n) is 30.8. The predicted molar refractivity (Wildman–Crippen MR) is 442 cm³/mol. The first-order valence-corrected chi connectivity index (χ1v) is 38.7. The van der Waals surface area contributed by atoms with Gasteiger partial charge < -0.3 is 18.1 Å². The van der Waals surface area contributed by atoms with Crippen molar-refractivity contribution in [2.75, 3.05) is 0 Å². The molecular weight excluding hydrogens is 1340 g/mol. The number of halogens is 1. The Morgan fingerprint density at radius 3 is 1.13 bits per heavy atom. The molecule has 1 saturated heterocycles. The van der Waals surface area contributed by atoms with E-state index in [2.05, 4.69) is 210 Å². The van der Waals surface area contributed by atoms with E-state index in [1.807, 2.05) is 109 Å². The van der Waals surface area contributed by atoms with E-state index in [1.54, 1.807) is 0 Å². The van der Waals surface area contributed by atoms with Gasteiger partial charge in [0.1, 0.15) is 16.7 Å². The van der Waals surface area contributed by atoms with E-state index in [0.29, 0.717) is 22.3 Å². The van der Waals surface area contributed by atoms with Crippen molar-refractivity contribution in [3.8, 4) is 101 Å². The summed E-state index contributed by atoms with van der Waals surface area (Å²) >= 11 is 6.42. The molecule has 1 aliphatic heterocycles. The molecule has 0 bridgehead atoms. The molecule has 4 aromatic heterocycles. The van der Waals surface area contributed by atoms with E-state index < -0.39 is 0 Å². The molecule has 5 aliphatic rings. The zero-order chi connectivity index (χ0) is 72.7. The number of furan rings is 2. The first kappa shape index (κ1) is 67.3. The van der Waals surface area contributed by atoms with Gasteiger partial charge in [-0.05, 0) is 145 Å². The van der Waals surface area contributed by atoms with Crippen LogP contribution in [-0.2, 0) is 20.1 Å². The number of fused-ring (bicyclic) bond motifs is 16. The van der Waals surface area contributed by atoms with Crippen LogP contribution in [0.3, 0.4) is 0 Å². The van der Waals surface area contributed by atoms with Crippen molar-refractivity contribution in [3.63, 3.8) is 0 Å². The van der Waals surface area contributed by atoms with Gasteiger partial charge in [-0.1, -0.05) is 305 Å². The first-order chi connectivity index (χ1) is 52.9. The fourth-order valence-corrected chi connectivity index (χ4v) is 18.2. The minimum absolute atomic E-state index is 0.106. The molecule has 0 radical (unpaired) electrons. The number of hydrogen-bond acceptors (Lipinski definition) is 8. The van der Waals surface area contributed by atoms with Crippen LogP contribution in [0.1, 0.15) is 114 Å². The summed E-state index contributed by atoms with van der Waals surface area (Å²) in [7, 11) is -0.287.